The molecule has 0 spiro atoms. The zero-order valence-electron chi connectivity index (χ0n) is 17.2. The van der Waals surface area contributed by atoms with Crippen molar-refractivity contribution in [3.05, 3.63) is 18.2 Å². The first-order chi connectivity index (χ1) is 14.0. The highest BCUT2D eigenvalue weighted by molar-refractivity contribution is 7.89. The van der Waals surface area contributed by atoms with Gasteiger partial charge in [0.1, 0.15) is 5.75 Å². The van der Waals surface area contributed by atoms with Crippen LogP contribution in [0.5, 0.6) is 5.75 Å². The predicted molar refractivity (Wildman–Crippen MR) is 112 cm³/mol. The van der Waals surface area contributed by atoms with E-state index in [1.807, 2.05) is 0 Å². The van der Waals surface area contributed by atoms with Crippen LogP contribution >= 0.6 is 0 Å². The number of benzene rings is 1. The lowest BCUT2D eigenvalue weighted by atomic mass is 9.86. The molecule has 1 aromatic rings. The maximum absolute atomic E-state index is 13.1. The summed E-state index contributed by atoms with van der Waals surface area (Å²) < 4.78 is 33.2. The normalized spacial score (nSPS) is 27.6. The van der Waals surface area contributed by atoms with Crippen LogP contribution in [0.3, 0.4) is 0 Å². The zero-order valence-corrected chi connectivity index (χ0v) is 18.0. The van der Waals surface area contributed by atoms with Crippen LogP contribution in [0.15, 0.2) is 23.1 Å². The molecule has 2 aliphatic carbocycles. The number of amides is 1. The van der Waals surface area contributed by atoms with Gasteiger partial charge < -0.3 is 10.1 Å². The molecule has 3 aliphatic rings. The van der Waals surface area contributed by atoms with E-state index in [2.05, 4.69) is 5.32 Å². The van der Waals surface area contributed by atoms with Crippen LogP contribution in [0.25, 0.3) is 0 Å². The molecule has 4 rings (SSSR count). The molecule has 6 nitrogen and oxygen atoms in total. The Hall–Kier alpha value is -1.60. The van der Waals surface area contributed by atoms with Gasteiger partial charge in [-0.3, -0.25) is 4.79 Å². The van der Waals surface area contributed by atoms with E-state index in [-0.39, 0.29) is 10.8 Å². The summed E-state index contributed by atoms with van der Waals surface area (Å²) >= 11 is 0. The number of ether oxygens (including phenoxy) is 1. The second kappa shape index (κ2) is 8.64. The van der Waals surface area contributed by atoms with Gasteiger partial charge in [-0.2, -0.15) is 4.31 Å². The Morgan fingerprint density at radius 2 is 1.90 bits per heavy atom. The lowest BCUT2D eigenvalue weighted by molar-refractivity contribution is -0.117. The molecule has 0 unspecified atom stereocenters. The quantitative estimate of drug-likeness (QED) is 0.754. The highest BCUT2D eigenvalue weighted by Crippen LogP contribution is 2.49. The lowest BCUT2D eigenvalue weighted by Gasteiger charge is -2.22. The summed E-state index contributed by atoms with van der Waals surface area (Å²) in [7, 11) is -2.04. The molecule has 160 valence electrons. The van der Waals surface area contributed by atoms with Gasteiger partial charge in [0, 0.05) is 19.5 Å². The third-order valence-electron chi connectivity index (χ3n) is 6.98. The van der Waals surface area contributed by atoms with Crippen molar-refractivity contribution in [1.82, 2.24) is 4.31 Å². The number of carbonyl (C=O) groups is 1. The summed E-state index contributed by atoms with van der Waals surface area (Å²) in [5.41, 5.74) is 0.441. The molecule has 2 bridgehead atoms. The topological polar surface area (TPSA) is 75.7 Å². The van der Waals surface area contributed by atoms with Gasteiger partial charge in [-0.05, 0) is 68.1 Å². The highest BCUT2D eigenvalue weighted by atomic mass is 32.2. The van der Waals surface area contributed by atoms with Gasteiger partial charge in [-0.25, -0.2) is 8.42 Å². The molecule has 3 fully saturated rings. The minimum atomic E-state index is -3.57. The van der Waals surface area contributed by atoms with Gasteiger partial charge in [0.2, 0.25) is 15.9 Å². The molecule has 7 heteroatoms. The Bertz CT molecular complexity index is 846. The van der Waals surface area contributed by atoms with Crippen molar-refractivity contribution in [2.75, 3.05) is 25.5 Å². The standard InChI is InChI=1S/C22H32N2O4S/c1-28-21-9-8-19(29(26,27)24-10-4-2-3-5-11-24)15-20(21)23-22(25)14-18-13-16-6-7-17(18)12-16/h8-9,15-18H,2-7,10-14H2,1H3,(H,23,25)/t16-,17-,18+/m0/s1. The van der Waals surface area contributed by atoms with Crippen LogP contribution < -0.4 is 10.1 Å². The van der Waals surface area contributed by atoms with E-state index in [0.717, 1.165) is 38.0 Å². The van der Waals surface area contributed by atoms with Crippen molar-refractivity contribution < 1.29 is 17.9 Å². The number of hydrogen-bond donors (Lipinski definition) is 1. The van der Waals surface area contributed by atoms with E-state index in [4.69, 9.17) is 4.74 Å². The third-order valence-corrected chi connectivity index (χ3v) is 8.87. The van der Waals surface area contributed by atoms with Gasteiger partial charge in [0.25, 0.3) is 0 Å². The SMILES string of the molecule is COc1ccc(S(=O)(=O)N2CCCCCC2)cc1NC(=O)C[C@H]1C[C@H]2CC[C@H]1C2. The van der Waals surface area contributed by atoms with Crippen molar-refractivity contribution in [3.63, 3.8) is 0 Å². The summed E-state index contributed by atoms with van der Waals surface area (Å²) in [6.45, 7) is 1.11. The van der Waals surface area contributed by atoms with Gasteiger partial charge in [-0.1, -0.05) is 19.3 Å². The smallest absolute Gasteiger partial charge is 0.243 e. The molecular formula is C22H32N2O4S. The maximum Gasteiger partial charge on any atom is 0.243 e. The molecule has 1 heterocycles. The molecule has 3 atom stereocenters. The van der Waals surface area contributed by atoms with Gasteiger partial charge in [0.15, 0.2) is 0 Å². The van der Waals surface area contributed by atoms with E-state index in [9.17, 15) is 13.2 Å². The molecule has 1 N–H and O–H groups in total. The van der Waals surface area contributed by atoms with Gasteiger partial charge in [0.05, 0.1) is 17.7 Å². The number of nitrogens with one attached hydrogen (secondary N) is 1. The fraction of sp³-hybridized carbons (Fsp3) is 0.682. The van der Waals surface area contributed by atoms with Crippen molar-refractivity contribution in [1.29, 1.82) is 0 Å². The Labute approximate surface area is 174 Å². The van der Waals surface area contributed by atoms with E-state index >= 15 is 0 Å². The number of hydrogen-bond acceptors (Lipinski definition) is 4. The second-order valence-corrected chi connectivity index (χ2v) is 10.8. The van der Waals surface area contributed by atoms with Gasteiger partial charge >= 0.3 is 0 Å². The number of sulfonamides is 1. The fourth-order valence-electron chi connectivity index (χ4n) is 5.44. The molecule has 1 amide bonds. The van der Waals surface area contributed by atoms with Crippen molar-refractivity contribution in [2.45, 2.75) is 62.7 Å². The fourth-order valence-corrected chi connectivity index (χ4v) is 6.99. The Kier molecular flexibility index (Phi) is 6.16. The van der Waals surface area contributed by atoms with E-state index in [0.29, 0.717) is 42.8 Å². The minimum Gasteiger partial charge on any atom is -0.495 e. The number of rotatable bonds is 6. The Morgan fingerprint density at radius 3 is 2.52 bits per heavy atom. The summed E-state index contributed by atoms with van der Waals surface area (Å²) in [6.07, 6.45) is 9.41. The summed E-state index contributed by atoms with van der Waals surface area (Å²) in [5.74, 6) is 2.38. The number of carbonyl (C=O) groups excluding carboxylic acids is 1. The molecule has 29 heavy (non-hydrogen) atoms. The largest absolute Gasteiger partial charge is 0.495 e. The minimum absolute atomic E-state index is 0.0508. The molecule has 0 aromatic heterocycles. The van der Waals surface area contributed by atoms with Crippen molar-refractivity contribution in [2.24, 2.45) is 17.8 Å². The third kappa shape index (κ3) is 4.45. The van der Waals surface area contributed by atoms with Crippen molar-refractivity contribution in [3.8, 4) is 5.75 Å². The number of anilines is 1. The lowest BCUT2D eigenvalue weighted by Crippen LogP contribution is -2.32. The van der Waals surface area contributed by atoms with Crippen LogP contribution in [0.4, 0.5) is 5.69 Å². The second-order valence-electron chi connectivity index (χ2n) is 8.87. The molecule has 0 radical (unpaired) electrons. The molecule has 2 saturated carbocycles. The Morgan fingerprint density at radius 1 is 1.14 bits per heavy atom. The highest BCUT2D eigenvalue weighted by Gasteiger charge is 2.40. The summed E-state index contributed by atoms with van der Waals surface area (Å²) in [5, 5.41) is 2.93. The summed E-state index contributed by atoms with van der Waals surface area (Å²) in [4.78, 5) is 12.9. The van der Waals surface area contributed by atoms with E-state index in [1.54, 1.807) is 22.5 Å². The first-order valence-corrected chi connectivity index (χ1v) is 12.4. The Balaban J connectivity index is 1.49. The molecule has 1 aliphatic heterocycles. The van der Waals surface area contributed by atoms with Gasteiger partial charge in [-0.15, -0.1) is 0 Å². The maximum atomic E-state index is 13.1. The average molecular weight is 421 g/mol. The number of methoxy groups -OCH3 is 1. The van der Waals surface area contributed by atoms with Crippen LogP contribution in [0.1, 0.15) is 57.8 Å². The first kappa shape index (κ1) is 20.7. The van der Waals surface area contributed by atoms with Crippen LogP contribution in [-0.2, 0) is 14.8 Å². The average Bonchev–Trinajstić information content (AvgIpc) is 3.20. The first-order valence-electron chi connectivity index (χ1n) is 11.0. The van der Waals surface area contributed by atoms with Crippen molar-refractivity contribution >= 4 is 21.6 Å². The number of fused-ring (bicyclic) bond motifs is 2. The summed E-state index contributed by atoms with van der Waals surface area (Å²) in [6, 6.07) is 4.76. The number of nitrogens with zero attached hydrogens (tertiary/aromatic N) is 1. The zero-order chi connectivity index (χ0) is 20.4. The molecule has 1 aromatic carbocycles. The monoisotopic (exact) mass is 420 g/mol. The van der Waals surface area contributed by atoms with Crippen LogP contribution in [0.2, 0.25) is 0 Å². The van der Waals surface area contributed by atoms with Crippen LogP contribution in [-0.4, -0.2) is 38.8 Å². The molecule has 1 saturated heterocycles. The van der Waals surface area contributed by atoms with E-state index in [1.165, 1.54) is 26.4 Å². The predicted octanol–water partition coefficient (Wildman–Crippen LogP) is 4.02. The van der Waals surface area contributed by atoms with Crippen LogP contribution in [0, 0.1) is 17.8 Å². The molecular weight excluding hydrogens is 388 g/mol. The van der Waals surface area contributed by atoms with E-state index < -0.39 is 10.0 Å².